The number of nitrogens with one attached hydrogen (secondary N) is 1. The van der Waals surface area contributed by atoms with Crippen LogP contribution in [0.15, 0.2) is 0 Å². The van der Waals surface area contributed by atoms with Crippen molar-refractivity contribution in [2.75, 3.05) is 13.1 Å². The highest BCUT2D eigenvalue weighted by Gasteiger charge is 2.36. The van der Waals surface area contributed by atoms with Gasteiger partial charge in [-0.1, -0.05) is 12.8 Å². The van der Waals surface area contributed by atoms with Crippen molar-refractivity contribution in [3.05, 3.63) is 0 Å². The molecule has 0 radical (unpaired) electrons. The minimum absolute atomic E-state index is 0.0538. The Balaban J connectivity index is 1.99. The molecule has 2 N–H and O–H groups in total. The number of hydrogen-bond donors (Lipinski definition) is 2. The highest BCUT2D eigenvalue weighted by Crippen LogP contribution is 2.38. The summed E-state index contributed by atoms with van der Waals surface area (Å²) in [5.74, 6) is 0.506. The molecule has 1 saturated carbocycles. The number of aliphatic carboxylic acids is 1. The van der Waals surface area contributed by atoms with Crippen molar-refractivity contribution < 1.29 is 9.90 Å². The molecule has 0 aromatic rings. The maximum atomic E-state index is 11.2. The quantitative estimate of drug-likeness (QED) is 0.733. The van der Waals surface area contributed by atoms with Crippen LogP contribution < -0.4 is 5.32 Å². The van der Waals surface area contributed by atoms with Gasteiger partial charge in [-0.25, -0.2) is 0 Å². The molecule has 0 spiro atoms. The number of carbonyl (C=O) groups is 1. The molecule has 1 saturated heterocycles. The molecule has 15 heavy (non-hydrogen) atoms. The van der Waals surface area contributed by atoms with Gasteiger partial charge in [0.2, 0.25) is 0 Å². The average molecular weight is 211 g/mol. The summed E-state index contributed by atoms with van der Waals surface area (Å²) in [6.45, 7) is 2.15. The average Bonchev–Trinajstić information content (AvgIpc) is 2.30. The maximum Gasteiger partial charge on any atom is 0.306 e. The fourth-order valence-corrected chi connectivity index (χ4v) is 3.30. The predicted octanol–water partition coefficient (Wildman–Crippen LogP) is 1.88. The minimum atomic E-state index is -0.557. The molecule has 2 unspecified atom stereocenters. The van der Waals surface area contributed by atoms with E-state index in [0.717, 1.165) is 32.4 Å². The lowest BCUT2D eigenvalue weighted by Gasteiger charge is -2.37. The van der Waals surface area contributed by atoms with Gasteiger partial charge in [-0.05, 0) is 50.6 Å². The van der Waals surface area contributed by atoms with Crippen LogP contribution in [-0.2, 0) is 4.79 Å². The van der Waals surface area contributed by atoms with E-state index in [0.29, 0.717) is 11.8 Å². The Labute approximate surface area is 91.2 Å². The number of piperidine rings is 1. The summed E-state index contributed by atoms with van der Waals surface area (Å²) in [7, 11) is 0. The second kappa shape index (κ2) is 4.97. The Hall–Kier alpha value is -0.570. The van der Waals surface area contributed by atoms with Gasteiger partial charge in [-0.3, -0.25) is 4.79 Å². The molecular formula is C12H21NO2. The van der Waals surface area contributed by atoms with E-state index < -0.39 is 5.97 Å². The van der Waals surface area contributed by atoms with Gasteiger partial charge in [0.05, 0.1) is 5.92 Å². The zero-order valence-corrected chi connectivity index (χ0v) is 9.24. The van der Waals surface area contributed by atoms with E-state index in [1.54, 1.807) is 0 Å². The third kappa shape index (κ3) is 2.51. The van der Waals surface area contributed by atoms with Gasteiger partial charge in [0.1, 0.15) is 0 Å². The summed E-state index contributed by atoms with van der Waals surface area (Å²) >= 11 is 0. The lowest BCUT2D eigenvalue weighted by atomic mass is 9.70. The van der Waals surface area contributed by atoms with Gasteiger partial charge in [-0.15, -0.1) is 0 Å². The summed E-state index contributed by atoms with van der Waals surface area (Å²) < 4.78 is 0. The number of rotatable bonds is 2. The third-order valence-electron chi connectivity index (χ3n) is 4.13. The Kier molecular flexibility index (Phi) is 3.62. The van der Waals surface area contributed by atoms with Gasteiger partial charge in [0.25, 0.3) is 0 Å². The molecule has 2 rings (SSSR count). The van der Waals surface area contributed by atoms with E-state index in [-0.39, 0.29) is 5.92 Å². The van der Waals surface area contributed by atoms with Crippen molar-refractivity contribution in [3.8, 4) is 0 Å². The van der Waals surface area contributed by atoms with E-state index in [1.807, 2.05) is 0 Å². The molecule has 86 valence electrons. The largest absolute Gasteiger partial charge is 0.481 e. The molecule has 0 aromatic carbocycles. The molecule has 1 heterocycles. The van der Waals surface area contributed by atoms with Gasteiger partial charge < -0.3 is 10.4 Å². The molecule has 2 fully saturated rings. The summed E-state index contributed by atoms with van der Waals surface area (Å²) in [5, 5.41) is 12.6. The first kappa shape index (κ1) is 10.9. The van der Waals surface area contributed by atoms with Crippen molar-refractivity contribution in [1.82, 2.24) is 5.32 Å². The zero-order valence-electron chi connectivity index (χ0n) is 9.24. The summed E-state index contributed by atoms with van der Waals surface area (Å²) in [6.07, 6.45) is 6.74. The van der Waals surface area contributed by atoms with E-state index in [9.17, 15) is 9.90 Å². The molecule has 0 aromatic heterocycles. The van der Waals surface area contributed by atoms with Crippen molar-refractivity contribution in [1.29, 1.82) is 0 Å². The highest BCUT2D eigenvalue weighted by molar-refractivity contribution is 5.70. The van der Waals surface area contributed by atoms with Crippen molar-refractivity contribution in [2.24, 2.45) is 17.8 Å². The fraction of sp³-hybridized carbons (Fsp3) is 0.917. The van der Waals surface area contributed by atoms with Crippen LogP contribution in [0.4, 0.5) is 0 Å². The molecule has 2 aliphatic rings. The van der Waals surface area contributed by atoms with E-state index in [1.165, 1.54) is 19.3 Å². The summed E-state index contributed by atoms with van der Waals surface area (Å²) in [5.41, 5.74) is 0. The molecule has 0 bridgehead atoms. The number of hydrogen-bond acceptors (Lipinski definition) is 2. The number of carboxylic acid groups (broad SMARTS) is 1. The first-order valence-electron chi connectivity index (χ1n) is 6.22. The van der Waals surface area contributed by atoms with Gasteiger partial charge in [0.15, 0.2) is 0 Å². The highest BCUT2D eigenvalue weighted by atomic mass is 16.4. The lowest BCUT2D eigenvalue weighted by Crippen LogP contribution is -2.38. The normalized spacial score (nSPS) is 33.9. The minimum Gasteiger partial charge on any atom is -0.481 e. The van der Waals surface area contributed by atoms with Gasteiger partial charge in [0, 0.05) is 0 Å². The Morgan fingerprint density at radius 1 is 1.07 bits per heavy atom. The third-order valence-corrected chi connectivity index (χ3v) is 4.13. The Morgan fingerprint density at radius 3 is 2.40 bits per heavy atom. The van der Waals surface area contributed by atoms with E-state index in [4.69, 9.17) is 0 Å². The predicted molar refractivity (Wildman–Crippen MR) is 58.7 cm³/mol. The van der Waals surface area contributed by atoms with Crippen LogP contribution in [0.2, 0.25) is 0 Å². The monoisotopic (exact) mass is 211 g/mol. The molecule has 1 aliphatic heterocycles. The molecule has 3 heteroatoms. The molecule has 2 atom stereocenters. The van der Waals surface area contributed by atoms with Crippen LogP contribution >= 0.6 is 0 Å². The second-order valence-electron chi connectivity index (χ2n) is 4.98. The van der Waals surface area contributed by atoms with Crippen molar-refractivity contribution >= 4 is 5.97 Å². The number of carboxylic acids is 1. The Bertz CT molecular complexity index is 224. The van der Waals surface area contributed by atoms with E-state index in [2.05, 4.69) is 5.32 Å². The van der Waals surface area contributed by atoms with Crippen LogP contribution in [0.5, 0.6) is 0 Å². The lowest BCUT2D eigenvalue weighted by molar-refractivity contribution is -0.146. The standard InChI is InChI=1S/C12H21NO2/c14-12(15)11-4-2-1-3-10(11)9-5-7-13-8-6-9/h9-11,13H,1-8H2,(H,14,15). The first-order chi connectivity index (χ1) is 7.29. The molecular weight excluding hydrogens is 190 g/mol. The Morgan fingerprint density at radius 2 is 1.73 bits per heavy atom. The molecule has 1 aliphatic carbocycles. The van der Waals surface area contributed by atoms with Crippen LogP contribution in [0.1, 0.15) is 38.5 Å². The molecule has 3 nitrogen and oxygen atoms in total. The van der Waals surface area contributed by atoms with Crippen LogP contribution in [0.3, 0.4) is 0 Å². The van der Waals surface area contributed by atoms with Crippen LogP contribution in [0.25, 0.3) is 0 Å². The zero-order chi connectivity index (χ0) is 10.7. The SMILES string of the molecule is O=C(O)C1CCCCC1C1CCNCC1. The molecule has 0 amide bonds. The van der Waals surface area contributed by atoms with Crippen LogP contribution in [-0.4, -0.2) is 24.2 Å². The van der Waals surface area contributed by atoms with Crippen molar-refractivity contribution in [2.45, 2.75) is 38.5 Å². The second-order valence-corrected chi connectivity index (χ2v) is 4.98. The van der Waals surface area contributed by atoms with Gasteiger partial charge >= 0.3 is 5.97 Å². The van der Waals surface area contributed by atoms with Gasteiger partial charge in [-0.2, -0.15) is 0 Å². The summed E-state index contributed by atoms with van der Waals surface area (Å²) in [6, 6.07) is 0. The fourth-order valence-electron chi connectivity index (χ4n) is 3.30. The smallest absolute Gasteiger partial charge is 0.306 e. The van der Waals surface area contributed by atoms with E-state index >= 15 is 0 Å². The summed E-state index contributed by atoms with van der Waals surface area (Å²) in [4.78, 5) is 11.2. The maximum absolute atomic E-state index is 11.2. The van der Waals surface area contributed by atoms with Crippen molar-refractivity contribution in [3.63, 3.8) is 0 Å². The van der Waals surface area contributed by atoms with Crippen LogP contribution in [0, 0.1) is 17.8 Å². The first-order valence-corrected chi connectivity index (χ1v) is 6.22. The topological polar surface area (TPSA) is 49.3 Å².